The Morgan fingerprint density at radius 2 is 1.69 bits per heavy atom. The van der Waals surface area contributed by atoms with Gasteiger partial charge in [0.05, 0.1) is 11.1 Å². The van der Waals surface area contributed by atoms with Crippen LogP contribution in [0.5, 0.6) is 0 Å². The van der Waals surface area contributed by atoms with Crippen LogP contribution >= 0.6 is 0 Å². The van der Waals surface area contributed by atoms with E-state index in [0.29, 0.717) is 55.5 Å². The van der Waals surface area contributed by atoms with E-state index in [4.69, 9.17) is 0 Å². The molecule has 0 saturated carbocycles. The van der Waals surface area contributed by atoms with E-state index in [9.17, 15) is 22.8 Å². The Morgan fingerprint density at radius 3 is 2.31 bits per heavy atom. The number of benzene rings is 2. The first-order valence-electron chi connectivity index (χ1n) is 12.4. The van der Waals surface area contributed by atoms with Gasteiger partial charge in [0, 0.05) is 61.9 Å². The van der Waals surface area contributed by atoms with Crippen molar-refractivity contribution in [1.82, 2.24) is 9.88 Å². The van der Waals surface area contributed by atoms with Crippen LogP contribution in [0.4, 0.5) is 18.9 Å². The number of Topliss-reactive ketones (excluding diaryl/α,β-unsaturated/α-hetero) is 1. The largest absolute Gasteiger partial charge is 0.418 e. The number of carbonyl (C=O) groups excluding carboxylic acids is 2. The lowest BCUT2D eigenvalue weighted by Crippen LogP contribution is -2.49. The van der Waals surface area contributed by atoms with Crippen LogP contribution in [0.1, 0.15) is 60.2 Å². The molecule has 1 amide bonds. The summed E-state index contributed by atoms with van der Waals surface area (Å²) in [4.78, 5) is 32.7. The molecule has 190 valence electrons. The highest BCUT2D eigenvalue weighted by molar-refractivity contribution is 6.02. The molecule has 1 aromatic heterocycles. The quantitative estimate of drug-likeness (QED) is 0.382. The summed E-state index contributed by atoms with van der Waals surface area (Å²) in [6.07, 6.45) is -1.31. The minimum atomic E-state index is -4.57. The fourth-order valence-electron chi connectivity index (χ4n) is 4.76. The number of halogens is 3. The number of ketones is 1. The summed E-state index contributed by atoms with van der Waals surface area (Å²) in [6, 6.07) is 12.2. The van der Waals surface area contributed by atoms with Crippen molar-refractivity contribution in [2.75, 3.05) is 31.1 Å². The molecule has 3 aromatic rings. The second-order valence-corrected chi connectivity index (χ2v) is 9.09. The molecule has 1 aliphatic heterocycles. The molecule has 0 N–H and O–H groups in total. The summed E-state index contributed by atoms with van der Waals surface area (Å²) in [5.41, 5.74) is 1.60. The first-order valence-corrected chi connectivity index (χ1v) is 12.4. The normalized spacial score (nSPS) is 14.4. The molecule has 0 unspecified atom stereocenters. The summed E-state index contributed by atoms with van der Waals surface area (Å²) in [5, 5.41) is 0.547. The van der Waals surface area contributed by atoms with Crippen LogP contribution in [0.25, 0.3) is 10.9 Å². The van der Waals surface area contributed by atoms with Gasteiger partial charge in [0.2, 0.25) is 5.91 Å². The number of pyridine rings is 1. The second kappa shape index (κ2) is 10.7. The lowest BCUT2D eigenvalue weighted by Gasteiger charge is -2.37. The van der Waals surface area contributed by atoms with Crippen LogP contribution in [-0.2, 0) is 17.4 Å². The molecular weight excluding hydrogens is 467 g/mol. The molecule has 0 radical (unpaired) electrons. The molecule has 2 aromatic carbocycles. The first-order chi connectivity index (χ1) is 17.2. The molecule has 0 spiro atoms. The van der Waals surface area contributed by atoms with Crippen molar-refractivity contribution < 1.29 is 22.8 Å². The Hall–Kier alpha value is -3.42. The van der Waals surface area contributed by atoms with Crippen molar-refractivity contribution in [1.29, 1.82) is 0 Å². The summed E-state index contributed by atoms with van der Waals surface area (Å²) in [6.45, 7) is 5.04. The number of amides is 1. The van der Waals surface area contributed by atoms with Crippen LogP contribution in [0, 0.1) is 0 Å². The fourth-order valence-corrected chi connectivity index (χ4v) is 4.76. The maximum absolute atomic E-state index is 14.2. The summed E-state index contributed by atoms with van der Waals surface area (Å²) in [7, 11) is 0. The average molecular weight is 498 g/mol. The number of piperazine rings is 1. The van der Waals surface area contributed by atoms with Gasteiger partial charge >= 0.3 is 6.18 Å². The first kappa shape index (κ1) is 25.7. The number of rotatable bonds is 7. The minimum absolute atomic E-state index is 0.0313. The molecule has 1 aliphatic rings. The SMILES string of the molecule is CCCC(=O)N1CCN(c2cc3c(Cc4ccccc4)c(C(=O)CC)cnc3cc2C(F)(F)F)CC1. The van der Waals surface area contributed by atoms with E-state index < -0.39 is 11.7 Å². The van der Waals surface area contributed by atoms with E-state index in [0.717, 1.165) is 18.1 Å². The molecule has 8 heteroatoms. The van der Waals surface area contributed by atoms with Gasteiger partial charge in [-0.05, 0) is 36.1 Å². The zero-order valence-corrected chi connectivity index (χ0v) is 20.6. The van der Waals surface area contributed by atoms with Gasteiger partial charge in [-0.3, -0.25) is 14.6 Å². The molecule has 1 saturated heterocycles. The molecule has 4 rings (SSSR count). The van der Waals surface area contributed by atoms with Crippen LogP contribution in [0.3, 0.4) is 0 Å². The van der Waals surface area contributed by atoms with Gasteiger partial charge in [-0.15, -0.1) is 0 Å². The third-order valence-corrected chi connectivity index (χ3v) is 6.68. The van der Waals surface area contributed by atoms with E-state index in [2.05, 4.69) is 4.98 Å². The van der Waals surface area contributed by atoms with Gasteiger partial charge in [-0.2, -0.15) is 13.2 Å². The van der Waals surface area contributed by atoms with Crippen molar-refractivity contribution in [3.63, 3.8) is 0 Å². The Bertz CT molecular complexity index is 1250. The highest BCUT2D eigenvalue weighted by Gasteiger charge is 2.37. The Kier molecular flexibility index (Phi) is 7.62. The zero-order valence-electron chi connectivity index (χ0n) is 20.6. The topological polar surface area (TPSA) is 53.5 Å². The molecule has 0 bridgehead atoms. The van der Waals surface area contributed by atoms with Crippen molar-refractivity contribution in [3.8, 4) is 0 Å². The second-order valence-electron chi connectivity index (χ2n) is 9.09. The number of hydrogen-bond acceptors (Lipinski definition) is 4. The molecule has 36 heavy (non-hydrogen) atoms. The highest BCUT2D eigenvalue weighted by Crippen LogP contribution is 2.40. The van der Waals surface area contributed by atoms with Gasteiger partial charge in [-0.1, -0.05) is 44.2 Å². The third kappa shape index (κ3) is 5.37. The van der Waals surface area contributed by atoms with E-state index in [1.165, 1.54) is 6.20 Å². The number of hydrogen-bond donors (Lipinski definition) is 0. The van der Waals surface area contributed by atoms with Crippen LogP contribution in [-0.4, -0.2) is 47.8 Å². The molecule has 2 heterocycles. The van der Waals surface area contributed by atoms with Gasteiger partial charge < -0.3 is 9.80 Å². The Labute approximate surface area is 208 Å². The molecule has 5 nitrogen and oxygen atoms in total. The lowest BCUT2D eigenvalue weighted by molar-refractivity contribution is -0.137. The van der Waals surface area contributed by atoms with Gasteiger partial charge in [-0.25, -0.2) is 0 Å². The lowest BCUT2D eigenvalue weighted by atomic mass is 9.92. The summed E-state index contributed by atoms with van der Waals surface area (Å²) in [5.74, 6) is -0.0661. The van der Waals surface area contributed by atoms with Gasteiger partial charge in [0.15, 0.2) is 5.78 Å². The van der Waals surface area contributed by atoms with Crippen LogP contribution in [0.15, 0.2) is 48.7 Å². The molecule has 1 fully saturated rings. The number of alkyl halides is 3. The smallest absolute Gasteiger partial charge is 0.367 e. The number of fused-ring (bicyclic) bond motifs is 1. The third-order valence-electron chi connectivity index (χ3n) is 6.68. The van der Waals surface area contributed by atoms with E-state index in [1.54, 1.807) is 22.8 Å². The van der Waals surface area contributed by atoms with Gasteiger partial charge in [0.25, 0.3) is 0 Å². The average Bonchev–Trinajstić information content (AvgIpc) is 2.88. The number of carbonyl (C=O) groups is 2. The van der Waals surface area contributed by atoms with Crippen molar-refractivity contribution in [2.45, 2.75) is 45.7 Å². The zero-order chi connectivity index (χ0) is 25.9. The fraction of sp³-hybridized carbons (Fsp3) is 0.393. The Balaban J connectivity index is 1.82. The van der Waals surface area contributed by atoms with Crippen LogP contribution in [0.2, 0.25) is 0 Å². The van der Waals surface area contributed by atoms with Crippen molar-refractivity contribution in [3.05, 3.63) is 70.9 Å². The number of nitrogens with zero attached hydrogens (tertiary/aromatic N) is 3. The van der Waals surface area contributed by atoms with E-state index in [1.807, 2.05) is 37.3 Å². The predicted octanol–water partition coefficient (Wildman–Crippen LogP) is 5.89. The molecular formula is C28H30F3N3O2. The van der Waals surface area contributed by atoms with E-state index >= 15 is 0 Å². The maximum atomic E-state index is 14.2. The van der Waals surface area contributed by atoms with Crippen LogP contribution < -0.4 is 4.90 Å². The minimum Gasteiger partial charge on any atom is -0.367 e. The van der Waals surface area contributed by atoms with Gasteiger partial charge in [0.1, 0.15) is 0 Å². The standard InChI is InChI=1S/C28H30F3N3O2/c1-3-8-27(36)34-13-11-33(12-14-34)25-16-21-20(15-19-9-6-5-7-10-19)22(26(35)4-2)18-32-24(21)17-23(25)28(29,30)31/h5-7,9-10,16-18H,3-4,8,11-15H2,1-2H3. The number of anilines is 1. The van der Waals surface area contributed by atoms with Crippen molar-refractivity contribution in [2.24, 2.45) is 0 Å². The van der Waals surface area contributed by atoms with Crippen molar-refractivity contribution >= 4 is 28.3 Å². The maximum Gasteiger partial charge on any atom is 0.418 e. The van der Waals surface area contributed by atoms with E-state index in [-0.39, 0.29) is 29.3 Å². The summed E-state index contributed by atoms with van der Waals surface area (Å²) < 4.78 is 42.5. The Morgan fingerprint density at radius 1 is 1.00 bits per heavy atom. The number of aromatic nitrogens is 1. The molecule has 0 aliphatic carbocycles. The highest BCUT2D eigenvalue weighted by atomic mass is 19.4. The summed E-state index contributed by atoms with van der Waals surface area (Å²) >= 11 is 0. The monoisotopic (exact) mass is 497 g/mol. The molecule has 0 atom stereocenters. The predicted molar refractivity (Wildman–Crippen MR) is 134 cm³/mol.